The third kappa shape index (κ3) is 4.89. The van der Waals surface area contributed by atoms with Crippen molar-refractivity contribution in [3.8, 4) is 0 Å². The van der Waals surface area contributed by atoms with Gasteiger partial charge in [-0.3, -0.25) is 5.32 Å². The summed E-state index contributed by atoms with van der Waals surface area (Å²) in [5.74, 6) is -0.0208. The number of rotatable bonds is 3. The van der Waals surface area contributed by atoms with Crippen molar-refractivity contribution in [3.63, 3.8) is 0 Å². The van der Waals surface area contributed by atoms with Gasteiger partial charge in [0.05, 0.1) is 18.2 Å². The molecule has 6 nitrogen and oxygen atoms in total. The topological polar surface area (TPSA) is 77.0 Å². The van der Waals surface area contributed by atoms with Gasteiger partial charge in [0.1, 0.15) is 0 Å². The van der Waals surface area contributed by atoms with E-state index in [-0.39, 0.29) is 19.0 Å². The minimum atomic E-state index is -0.820. The van der Waals surface area contributed by atoms with Gasteiger partial charge < -0.3 is 9.47 Å². The number of benzene rings is 1. The summed E-state index contributed by atoms with van der Waals surface area (Å²) in [4.78, 5) is 26.6. The highest BCUT2D eigenvalue weighted by atomic mass is 35.5. The van der Waals surface area contributed by atoms with Gasteiger partial charge in [-0.15, -0.1) is 0 Å². The summed E-state index contributed by atoms with van der Waals surface area (Å²) >= 11 is 6.01. The average molecular weight is 299 g/mol. The first-order chi connectivity index (χ1) is 9.58. The van der Waals surface area contributed by atoms with Crippen LogP contribution in [0.15, 0.2) is 29.3 Å². The molecule has 108 valence electrons. The number of nitrogens with zero attached hydrogens (tertiary/aromatic N) is 1. The van der Waals surface area contributed by atoms with Crippen LogP contribution in [-0.4, -0.2) is 31.2 Å². The minimum absolute atomic E-state index is 0.0208. The van der Waals surface area contributed by atoms with Crippen molar-refractivity contribution in [1.82, 2.24) is 5.32 Å². The Labute approximate surface area is 121 Å². The molecular weight excluding hydrogens is 284 g/mol. The fourth-order valence-electron chi connectivity index (χ4n) is 1.32. The molecule has 2 amide bonds. The number of hydrogen-bond donors (Lipinski definition) is 1. The SMILES string of the molecule is CCOC(=O)N=C(NC(=O)OCC)c1ccccc1Cl. The lowest BCUT2D eigenvalue weighted by Gasteiger charge is -2.10. The Balaban J connectivity index is 3.04. The van der Waals surface area contributed by atoms with Crippen LogP contribution in [0.25, 0.3) is 0 Å². The molecule has 0 aliphatic carbocycles. The van der Waals surface area contributed by atoms with Crippen molar-refractivity contribution in [2.75, 3.05) is 13.2 Å². The van der Waals surface area contributed by atoms with Crippen LogP contribution >= 0.6 is 11.6 Å². The number of nitrogens with one attached hydrogen (secondary N) is 1. The summed E-state index contributed by atoms with van der Waals surface area (Å²) in [5.41, 5.74) is 0.398. The number of carbonyl (C=O) groups is 2. The van der Waals surface area contributed by atoms with E-state index in [1.54, 1.807) is 38.1 Å². The highest BCUT2D eigenvalue weighted by molar-refractivity contribution is 6.34. The quantitative estimate of drug-likeness (QED) is 0.687. The molecule has 1 aromatic rings. The first-order valence-corrected chi connectivity index (χ1v) is 6.40. The monoisotopic (exact) mass is 298 g/mol. The molecule has 0 aliphatic heterocycles. The molecule has 0 saturated carbocycles. The van der Waals surface area contributed by atoms with Gasteiger partial charge in [-0.1, -0.05) is 23.7 Å². The highest BCUT2D eigenvalue weighted by Gasteiger charge is 2.14. The van der Waals surface area contributed by atoms with Crippen LogP contribution in [0.1, 0.15) is 19.4 Å². The zero-order valence-electron chi connectivity index (χ0n) is 11.2. The second-order valence-corrected chi connectivity index (χ2v) is 3.89. The Morgan fingerprint density at radius 1 is 1.20 bits per heavy atom. The van der Waals surface area contributed by atoms with Crippen LogP contribution in [0.3, 0.4) is 0 Å². The van der Waals surface area contributed by atoms with Gasteiger partial charge in [0.2, 0.25) is 0 Å². The zero-order chi connectivity index (χ0) is 15.0. The number of amides is 2. The van der Waals surface area contributed by atoms with Gasteiger partial charge in [-0.25, -0.2) is 9.59 Å². The first kappa shape index (κ1) is 16.0. The van der Waals surface area contributed by atoms with Crippen LogP contribution in [0.4, 0.5) is 9.59 Å². The maximum absolute atomic E-state index is 11.5. The number of carbonyl (C=O) groups excluding carboxylic acids is 2. The van der Waals surface area contributed by atoms with E-state index in [1.165, 1.54) is 0 Å². The predicted octanol–water partition coefficient (Wildman–Crippen LogP) is 2.99. The van der Waals surface area contributed by atoms with E-state index in [0.29, 0.717) is 10.6 Å². The molecule has 0 bridgehead atoms. The van der Waals surface area contributed by atoms with E-state index in [9.17, 15) is 9.59 Å². The van der Waals surface area contributed by atoms with E-state index in [1.807, 2.05) is 0 Å². The number of halogens is 1. The molecule has 20 heavy (non-hydrogen) atoms. The lowest BCUT2D eigenvalue weighted by molar-refractivity contribution is 0.157. The summed E-state index contributed by atoms with van der Waals surface area (Å²) in [7, 11) is 0. The smallest absolute Gasteiger partial charge is 0.435 e. The molecule has 7 heteroatoms. The third-order valence-electron chi connectivity index (χ3n) is 2.10. The molecule has 0 fully saturated rings. The molecule has 1 N–H and O–H groups in total. The molecule has 0 radical (unpaired) electrons. The van der Waals surface area contributed by atoms with Gasteiger partial charge in [-0.05, 0) is 26.0 Å². The van der Waals surface area contributed by atoms with Crippen molar-refractivity contribution in [2.24, 2.45) is 4.99 Å². The van der Waals surface area contributed by atoms with Gasteiger partial charge in [0, 0.05) is 5.56 Å². The first-order valence-electron chi connectivity index (χ1n) is 6.02. The van der Waals surface area contributed by atoms with Crippen molar-refractivity contribution in [3.05, 3.63) is 34.9 Å². The lowest BCUT2D eigenvalue weighted by Crippen LogP contribution is -2.33. The van der Waals surface area contributed by atoms with Crippen molar-refractivity contribution < 1.29 is 19.1 Å². The maximum atomic E-state index is 11.5. The van der Waals surface area contributed by atoms with Crippen LogP contribution < -0.4 is 5.32 Å². The summed E-state index contributed by atoms with van der Waals surface area (Å²) in [5, 5.41) is 2.71. The number of amidine groups is 1. The Morgan fingerprint density at radius 3 is 2.45 bits per heavy atom. The highest BCUT2D eigenvalue weighted by Crippen LogP contribution is 2.15. The summed E-state index contributed by atoms with van der Waals surface area (Å²) in [6, 6.07) is 6.66. The fraction of sp³-hybridized carbons (Fsp3) is 0.308. The van der Waals surface area contributed by atoms with Gasteiger partial charge in [0.15, 0.2) is 5.84 Å². The fourth-order valence-corrected chi connectivity index (χ4v) is 1.54. The molecule has 0 spiro atoms. The van der Waals surface area contributed by atoms with Crippen LogP contribution in [0.2, 0.25) is 5.02 Å². The Bertz CT molecular complexity index is 517. The second kappa shape index (κ2) is 8.16. The predicted molar refractivity (Wildman–Crippen MR) is 75.2 cm³/mol. The maximum Gasteiger partial charge on any atom is 0.435 e. The number of alkyl carbamates (subject to hydrolysis) is 1. The molecule has 1 aromatic carbocycles. The average Bonchev–Trinajstić information content (AvgIpc) is 2.39. The van der Waals surface area contributed by atoms with Crippen molar-refractivity contribution in [2.45, 2.75) is 13.8 Å². The third-order valence-corrected chi connectivity index (χ3v) is 2.43. The standard InChI is InChI=1S/C13H15ClN2O4/c1-3-19-12(17)15-11(16-13(18)20-4-2)9-7-5-6-8-10(9)14/h5-8H,3-4H2,1-2H3,(H,15,16,17,18). The second-order valence-electron chi connectivity index (χ2n) is 3.48. The minimum Gasteiger partial charge on any atom is -0.450 e. The summed E-state index contributed by atoms with van der Waals surface area (Å²) < 4.78 is 9.46. The molecule has 0 aliphatic rings. The molecule has 0 aromatic heterocycles. The molecule has 0 atom stereocenters. The lowest BCUT2D eigenvalue weighted by atomic mass is 10.2. The number of aliphatic imine (C=N–C) groups is 1. The van der Waals surface area contributed by atoms with Crippen molar-refractivity contribution >= 4 is 29.6 Å². The van der Waals surface area contributed by atoms with E-state index in [2.05, 4.69) is 10.3 Å². The molecule has 0 saturated heterocycles. The van der Waals surface area contributed by atoms with Gasteiger partial charge >= 0.3 is 12.2 Å². The van der Waals surface area contributed by atoms with E-state index in [4.69, 9.17) is 21.1 Å². The number of hydrogen-bond acceptors (Lipinski definition) is 4. The normalized spacial score (nSPS) is 10.8. The summed E-state index contributed by atoms with van der Waals surface area (Å²) in [6.45, 7) is 3.69. The van der Waals surface area contributed by atoms with Crippen LogP contribution in [-0.2, 0) is 9.47 Å². The molecular formula is C13H15ClN2O4. The molecule has 0 unspecified atom stereocenters. The van der Waals surface area contributed by atoms with E-state index < -0.39 is 12.2 Å². The Morgan fingerprint density at radius 2 is 1.85 bits per heavy atom. The molecule has 0 heterocycles. The largest absolute Gasteiger partial charge is 0.450 e. The van der Waals surface area contributed by atoms with Crippen LogP contribution in [0, 0.1) is 0 Å². The van der Waals surface area contributed by atoms with Crippen LogP contribution in [0.5, 0.6) is 0 Å². The Hall–Kier alpha value is -2.08. The Kier molecular flexibility index (Phi) is 6.52. The van der Waals surface area contributed by atoms with E-state index in [0.717, 1.165) is 0 Å². The van der Waals surface area contributed by atoms with Crippen molar-refractivity contribution in [1.29, 1.82) is 0 Å². The van der Waals surface area contributed by atoms with E-state index >= 15 is 0 Å². The zero-order valence-corrected chi connectivity index (χ0v) is 11.9. The van der Waals surface area contributed by atoms with Gasteiger partial charge in [-0.2, -0.15) is 4.99 Å². The van der Waals surface area contributed by atoms with Gasteiger partial charge in [0.25, 0.3) is 0 Å². The summed E-state index contributed by atoms with van der Waals surface area (Å²) in [6.07, 6.45) is -1.55. The number of ether oxygens (including phenoxy) is 2. The molecule has 1 rings (SSSR count).